The Morgan fingerprint density at radius 3 is 2.60 bits per heavy atom. The third-order valence-corrected chi connectivity index (χ3v) is 6.33. The molecule has 0 spiro atoms. The first kappa shape index (κ1) is 13.3. The van der Waals surface area contributed by atoms with E-state index in [0.29, 0.717) is 17.0 Å². The fourth-order valence-electron chi connectivity index (χ4n) is 3.13. The molecule has 0 unspecified atom stereocenters. The number of piperazine rings is 1. The number of hydrogen-bond acceptors (Lipinski definition) is 4. The predicted octanol–water partition coefficient (Wildman–Crippen LogP) is 0.545. The van der Waals surface area contributed by atoms with Gasteiger partial charge in [-0.05, 0) is 25.6 Å². The molecule has 3 rings (SSSR count). The van der Waals surface area contributed by atoms with E-state index in [0.717, 1.165) is 0 Å². The van der Waals surface area contributed by atoms with Crippen LogP contribution in [0.2, 0.25) is 0 Å². The molecule has 5 nitrogen and oxygen atoms in total. The molecule has 2 aliphatic rings. The zero-order chi connectivity index (χ0) is 14.5. The first-order chi connectivity index (χ1) is 9.43. The number of hydrogen-bond donors (Lipinski definition) is 1. The average molecular weight is 292 g/mol. The van der Waals surface area contributed by atoms with Crippen LogP contribution in [0, 0.1) is 0 Å². The largest absolute Gasteiger partial charge is 0.327 e. The van der Waals surface area contributed by atoms with E-state index in [9.17, 15) is 13.2 Å². The molecule has 0 saturated carbocycles. The number of carbonyl (C=O) groups is 1. The molecule has 20 heavy (non-hydrogen) atoms. The highest BCUT2D eigenvalue weighted by molar-refractivity contribution is 7.92. The van der Waals surface area contributed by atoms with Crippen LogP contribution in [0.4, 0.5) is 0 Å². The summed E-state index contributed by atoms with van der Waals surface area (Å²) < 4.78 is 25.5. The quantitative estimate of drug-likeness (QED) is 0.864. The van der Waals surface area contributed by atoms with Gasteiger partial charge in [0.25, 0.3) is 0 Å². The van der Waals surface area contributed by atoms with Crippen LogP contribution in [-0.2, 0) is 14.6 Å². The molecule has 6 heteroatoms. The Hall–Kier alpha value is -1.66. The van der Waals surface area contributed by atoms with E-state index < -0.39 is 21.1 Å². The normalized spacial score (nSPS) is 30.4. The number of sulfone groups is 1. The summed E-state index contributed by atoms with van der Waals surface area (Å²) in [5, 5.41) is 2.05. The third-order valence-electron chi connectivity index (χ3n) is 4.15. The van der Waals surface area contributed by atoms with Crippen molar-refractivity contribution in [3.63, 3.8) is 0 Å². The van der Waals surface area contributed by atoms with Crippen molar-refractivity contribution in [1.29, 1.82) is 0 Å². The van der Waals surface area contributed by atoms with E-state index in [4.69, 9.17) is 0 Å². The summed E-state index contributed by atoms with van der Waals surface area (Å²) in [5.74, 6) is -0.167. The van der Waals surface area contributed by atoms with Gasteiger partial charge < -0.3 is 5.32 Å². The van der Waals surface area contributed by atoms with E-state index in [1.807, 2.05) is 4.90 Å². The maximum atomic E-state index is 12.8. The topological polar surface area (TPSA) is 66.5 Å². The van der Waals surface area contributed by atoms with E-state index >= 15 is 0 Å². The van der Waals surface area contributed by atoms with Crippen LogP contribution in [0.1, 0.15) is 6.42 Å². The average Bonchev–Trinajstić information content (AvgIpc) is 2.70. The summed E-state index contributed by atoms with van der Waals surface area (Å²) >= 11 is 0. The Morgan fingerprint density at radius 2 is 1.95 bits per heavy atom. The van der Waals surface area contributed by atoms with Crippen molar-refractivity contribution >= 4 is 15.7 Å². The highest BCUT2D eigenvalue weighted by Gasteiger charge is 2.53. The molecular weight excluding hydrogens is 276 g/mol. The highest BCUT2D eigenvalue weighted by atomic mass is 32.2. The minimum Gasteiger partial charge on any atom is -0.327 e. The molecule has 1 N–H and O–H groups in total. The second kappa shape index (κ2) is 4.43. The van der Waals surface area contributed by atoms with E-state index in [1.54, 1.807) is 37.4 Å². The van der Waals surface area contributed by atoms with Crippen LogP contribution < -0.4 is 5.32 Å². The Kier molecular flexibility index (Phi) is 2.95. The van der Waals surface area contributed by atoms with Crippen LogP contribution in [0.3, 0.4) is 0 Å². The fraction of sp³-hybridized carbons (Fsp3) is 0.357. The van der Waals surface area contributed by atoms with Gasteiger partial charge in [-0.3, -0.25) is 9.69 Å². The van der Waals surface area contributed by atoms with Crippen LogP contribution in [0.15, 0.2) is 47.5 Å². The van der Waals surface area contributed by atoms with Gasteiger partial charge in [0.15, 0.2) is 9.84 Å². The maximum Gasteiger partial charge on any atom is 0.241 e. The Balaban J connectivity index is 2.04. The van der Waals surface area contributed by atoms with Crippen molar-refractivity contribution in [3.8, 4) is 0 Å². The molecule has 2 bridgehead atoms. The van der Waals surface area contributed by atoms with Gasteiger partial charge in [0.1, 0.15) is 0 Å². The van der Waals surface area contributed by atoms with Gasteiger partial charge in [0.2, 0.25) is 5.91 Å². The van der Waals surface area contributed by atoms with Crippen molar-refractivity contribution in [3.05, 3.63) is 42.6 Å². The lowest BCUT2D eigenvalue weighted by molar-refractivity contribution is -0.126. The number of carbonyl (C=O) groups excluding carboxylic acids is 1. The van der Waals surface area contributed by atoms with Gasteiger partial charge in [-0.25, -0.2) is 8.42 Å². The summed E-state index contributed by atoms with van der Waals surface area (Å²) in [5.41, 5.74) is 0.468. The minimum atomic E-state index is -3.48. The number of nitrogens with one attached hydrogen (secondary N) is 1. The second-order valence-electron chi connectivity index (χ2n) is 5.27. The molecule has 1 aromatic rings. The molecule has 2 saturated heterocycles. The summed E-state index contributed by atoms with van der Waals surface area (Å²) in [7, 11) is -1.70. The lowest BCUT2D eigenvalue weighted by Gasteiger charge is -2.33. The number of fused-ring (bicyclic) bond motifs is 2. The van der Waals surface area contributed by atoms with Gasteiger partial charge in [-0.1, -0.05) is 24.8 Å². The van der Waals surface area contributed by atoms with Gasteiger partial charge in [-0.15, -0.1) is 0 Å². The van der Waals surface area contributed by atoms with E-state index in [1.165, 1.54) is 0 Å². The molecule has 0 aromatic heterocycles. The molecular formula is C14H16N2O3S. The molecule has 0 radical (unpaired) electrons. The van der Waals surface area contributed by atoms with Crippen LogP contribution in [0.25, 0.3) is 0 Å². The summed E-state index contributed by atoms with van der Waals surface area (Å²) in [6, 6.07) is 7.62. The predicted molar refractivity (Wildman–Crippen MR) is 74.7 cm³/mol. The zero-order valence-corrected chi connectivity index (χ0v) is 11.9. The summed E-state index contributed by atoms with van der Waals surface area (Å²) in [4.78, 5) is 14.0. The van der Waals surface area contributed by atoms with Crippen LogP contribution in [-0.4, -0.2) is 43.6 Å². The maximum absolute atomic E-state index is 12.8. The first-order valence-electron chi connectivity index (χ1n) is 6.43. The highest BCUT2D eigenvalue weighted by Crippen LogP contribution is 2.37. The van der Waals surface area contributed by atoms with Crippen molar-refractivity contribution in [2.45, 2.75) is 28.6 Å². The Bertz CT molecular complexity index is 669. The van der Waals surface area contributed by atoms with Crippen molar-refractivity contribution in [2.24, 2.45) is 0 Å². The van der Waals surface area contributed by atoms with Crippen molar-refractivity contribution in [1.82, 2.24) is 10.2 Å². The molecule has 1 aromatic carbocycles. The first-order valence-corrected chi connectivity index (χ1v) is 7.98. The van der Waals surface area contributed by atoms with Gasteiger partial charge >= 0.3 is 0 Å². The van der Waals surface area contributed by atoms with Gasteiger partial charge in [0.05, 0.1) is 22.2 Å². The SMILES string of the molecule is C=C1NC(=O)[C@H]2C[C@H](S(=O)(=O)c3ccccc3)[C@@H]1N2C. The van der Waals surface area contributed by atoms with Crippen molar-refractivity contribution in [2.75, 3.05) is 7.05 Å². The molecule has 106 valence electrons. The zero-order valence-electron chi connectivity index (χ0n) is 11.1. The van der Waals surface area contributed by atoms with E-state index in [-0.39, 0.29) is 11.9 Å². The lowest BCUT2D eigenvalue weighted by atomic mass is 10.2. The van der Waals surface area contributed by atoms with E-state index in [2.05, 4.69) is 11.9 Å². The number of nitrogens with zero attached hydrogens (tertiary/aromatic N) is 1. The third kappa shape index (κ3) is 1.79. The Morgan fingerprint density at radius 1 is 1.30 bits per heavy atom. The molecule has 2 fully saturated rings. The second-order valence-corrected chi connectivity index (χ2v) is 7.44. The lowest BCUT2D eigenvalue weighted by Crippen LogP contribution is -2.53. The fourth-order valence-corrected chi connectivity index (χ4v) is 5.15. The number of amides is 1. The minimum absolute atomic E-state index is 0.167. The smallest absolute Gasteiger partial charge is 0.241 e. The number of rotatable bonds is 2. The molecule has 3 atom stereocenters. The summed E-state index contributed by atoms with van der Waals surface area (Å²) in [6.45, 7) is 3.81. The number of likely N-dealkylation sites (N-methyl/N-ethyl adjacent to an activating group) is 1. The standard InChI is InChI=1S/C14H16N2O3S/c1-9-13-12(8-11(16(13)2)14(17)15-9)20(18,19)10-6-4-3-5-7-10/h3-7,11-13H,1,8H2,2H3,(H,15,17)/t11-,12+,13-/m1/s1. The molecule has 2 heterocycles. The monoisotopic (exact) mass is 292 g/mol. The Labute approximate surface area is 118 Å². The number of benzene rings is 1. The molecule has 0 aliphatic carbocycles. The van der Waals surface area contributed by atoms with Crippen molar-refractivity contribution < 1.29 is 13.2 Å². The summed E-state index contributed by atoms with van der Waals surface area (Å²) in [6.07, 6.45) is 0.309. The van der Waals surface area contributed by atoms with Crippen LogP contribution >= 0.6 is 0 Å². The van der Waals surface area contributed by atoms with Gasteiger partial charge in [0, 0.05) is 5.70 Å². The molecule has 2 aliphatic heterocycles. The van der Waals surface area contributed by atoms with Gasteiger partial charge in [-0.2, -0.15) is 0 Å². The molecule has 1 amide bonds. The van der Waals surface area contributed by atoms with Crippen LogP contribution in [0.5, 0.6) is 0 Å².